The van der Waals surface area contributed by atoms with Gasteiger partial charge in [-0.2, -0.15) is 26.3 Å². The van der Waals surface area contributed by atoms with Crippen LogP contribution in [0.15, 0.2) is 46.0 Å². The molecule has 0 amide bonds. The molecule has 3 aromatic carbocycles. The Morgan fingerprint density at radius 2 is 0.886 bits per heavy atom. The number of unbranched alkanes of at least 4 members (excludes halogenated alkanes) is 2. The van der Waals surface area contributed by atoms with Gasteiger partial charge in [-0.25, -0.2) is 0 Å². The van der Waals surface area contributed by atoms with Gasteiger partial charge in [0.1, 0.15) is 0 Å². The molecule has 2 heterocycles. The van der Waals surface area contributed by atoms with Crippen molar-refractivity contribution in [2.75, 3.05) is 0 Å². The summed E-state index contributed by atoms with van der Waals surface area (Å²) in [5, 5.41) is 1.51. The molecule has 0 bridgehead atoms. The van der Waals surface area contributed by atoms with Gasteiger partial charge in [-0.15, -0.1) is 0 Å². The second-order valence-electron chi connectivity index (χ2n) is 11.9. The monoisotopic (exact) mass is 616 g/mol. The second kappa shape index (κ2) is 11.6. The number of alkyl halides is 6. The predicted molar refractivity (Wildman–Crippen MR) is 164 cm³/mol. The minimum absolute atomic E-state index is 0.0924. The number of rotatable bonds is 8. The Morgan fingerprint density at radius 1 is 0.523 bits per heavy atom. The number of hydrogen-bond acceptors (Lipinski definition) is 2. The van der Waals surface area contributed by atoms with Crippen molar-refractivity contribution in [2.24, 2.45) is 0 Å². The zero-order valence-electron chi connectivity index (χ0n) is 25.1. The van der Waals surface area contributed by atoms with Gasteiger partial charge in [0, 0.05) is 47.5 Å². The average Bonchev–Trinajstić information content (AvgIpc) is 2.89. The van der Waals surface area contributed by atoms with Gasteiger partial charge < -0.3 is 9.13 Å². The first-order chi connectivity index (χ1) is 20.6. The zero-order chi connectivity index (χ0) is 32.1. The Balaban J connectivity index is 1.82. The van der Waals surface area contributed by atoms with E-state index in [2.05, 4.69) is 0 Å². The van der Waals surface area contributed by atoms with Crippen molar-refractivity contribution >= 4 is 43.6 Å². The first-order valence-corrected chi connectivity index (χ1v) is 14.7. The smallest absolute Gasteiger partial charge is 0.340 e. The maximum absolute atomic E-state index is 14.0. The number of hydrogen-bond donors (Lipinski definition) is 0. The molecule has 10 heteroatoms. The number of pyridine rings is 2. The highest BCUT2D eigenvalue weighted by atomic mass is 19.4. The summed E-state index contributed by atoms with van der Waals surface area (Å²) in [5.41, 5.74) is 4.76. The van der Waals surface area contributed by atoms with E-state index in [-0.39, 0.29) is 49.6 Å². The van der Waals surface area contributed by atoms with E-state index in [0.29, 0.717) is 43.6 Å². The van der Waals surface area contributed by atoms with Crippen LogP contribution in [-0.2, 0) is 13.1 Å². The first-order valence-electron chi connectivity index (χ1n) is 14.7. The Hall–Kier alpha value is -3.82. The zero-order valence-corrected chi connectivity index (χ0v) is 25.1. The molecule has 0 saturated heterocycles. The summed E-state index contributed by atoms with van der Waals surface area (Å²) >= 11 is 0. The van der Waals surface area contributed by atoms with Crippen molar-refractivity contribution < 1.29 is 26.3 Å². The normalized spacial score (nSPS) is 12.8. The Morgan fingerprint density at radius 3 is 1.23 bits per heavy atom. The molecular formula is C34H34F6N2O2. The minimum Gasteiger partial charge on any atom is -0.340 e. The van der Waals surface area contributed by atoms with Gasteiger partial charge in [-0.05, 0) is 99.9 Å². The van der Waals surface area contributed by atoms with Crippen LogP contribution in [0.1, 0.15) is 60.8 Å². The fourth-order valence-electron chi connectivity index (χ4n) is 6.50. The number of aryl methyl sites for hydroxylation is 6. The lowest BCUT2D eigenvalue weighted by Crippen LogP contribution is -2.17. The van der Waals surface area contributed by atoms with Crippen LogP contribution in [0, 0.1) is 27.7 Å². The molecule has 5 aromatic rings. The molecule has 0 atom stereocenters. The summed E-state index contributed by atoms with van der Waals surface area (Å²) in [7, 11) is 0. The maximum Gasteiger partial charge on any atom is 0.389 e. The third-order valence-electron chi connectivity index (χ3n) is 8.32. The Labute approximate surface area is 249 Å². The van der Waals surface area contributed by atoms with Crippen molar-refractivity contribution in [3.05, 3.63) is 79.1 Å². The summed E-state index contributed by atoms with van der Waals surface area (Å²) < 4.78 is 81.2. The SMILES string of the molecule is Cc1cc(C)c2c(=O)c3cc4c(cc3n(CCCCC(F)(F)F)c2c1)c(=O)c1c(C)cc(C)cc1n4CCCCC(F)(F)F. The lowest BCUT2D eigenvalue weighted by atomic mass is 9.98. The highest BCUT2D eigenvalue weighted by molar-refractivity contribution is 6.04. The molecule has 4 nitrogen and oxygen atoms in total. The van der Waals surface area contributed by atoms with E-state index in [1.54, 1.807) is 12.1 Å². The van der Waals surface area contributed by atoms with Gasteiger partial charge in [0.15, 0.2) is 10.9 Å². The number of benzene rings is 3. The topological polar surface area (TPSA) is 44.0 Å². The Kier molecular flexibility index (Phi) is 8.33. The van der Waals surface area contributed by atoms with Gasteiger partial charge in [-0.1, -0.05) is 12.1 Å². The molecule has 44 heavy (non-hydrogen) atoms. The molecule has 0 aliphatic carbocycles. The van der Waals surface area contributed by atoms with Gasteiger partial charge in [0.05, 0.1) is 22.1 Å². The second-order valence-corrected chi connectivity index (χ2v) is 11.9. The molecule has 0 aliphatic heterocycles. The van der Waals surface area contributed by atoms with Crippen molar-refractivity contribution in [1.82, 2.24) is 9.13 Å². The standard InChI is InChI=1S/C34H34F6N2O2/c1-19-13-21(3)29-27(15-19)41(11-7-5-9-33(35,36)37)25-17-24-26(18-23(25)31(29)43)42(12-8-6-10-34(38,39)40)28-16-20(2)14-22(4)30(28)32(24)44/h13-18H,5-12H2,1-4H3. The van der Waals surface area contributed by atoms with Crippen LogP contribution >= 0.6 is 0 Å². The van der Waals surface area contributed by atoms with Crippen LogP contribution in [0.2, 0.25) is 0 Å². The van der Waals surface area contributed by atoms with Gasteiger partial charge in [0.25, 0.3) is 0 Å². The molecule has 0 saturated carbocycles. The van der Waals surface area contributed by atoms with Gasteiger partial charge >= 0.3 is 12.4 Å². The Bertz CT molecular complexity index is 1890. The van der Waals surface area contributed by atoms with Gasteiger partial charge in [0.2, 0.25) is 0 Å². The highest BCUT2D eigenvalue weighted by Crippen LogP contribution is 2.31. The average molecular weight is 617 g/mol. The fraction of sp³-hybridized carbons (Fsp3) is 0.412. The number of halogens is 6. The van der Waals surface area contributed by atoms with Crippen LogP contribution in [0.3, 0.4) is 0 Å². The number of aromatic nitrogens is 2. The van der Waals surface area contributed by atoms with Gasteiger partial charge in [-0.3, -0.25) is 9.59 Å². The summed E-state index contributed by atoms with van der Waals surface area (Å²) in [5.74, 6) is 0. The first kappa shape index (κ1) is 31.6. The quantitative estimate of drug-likeness (QED) is 0.0991. The molecule has 0 aliphatic rings. The fourth-order valence-corrected chi connectivity index (χ4v) is 6.50. The lowest BCUT2D eigenvalue weighted by Gasteiger charge is -2.21. The number of nitrogens with zero attached hydrogens (tertiary/aromatic N) is 2. The van der Waals surface area contributed by atoms with Crippen molar-refractivity contribution in [3.63, 3.8) is 0 Å². The van der Waals surface area contributed by atoms with E-state index in [0.717, 1.165) is 22.3 Å². The van der Waals surface area contributed by atoms with E-state index in [1.165, 1.54) is 0 Å². The number of fused-ring (bicyclic) bond motifs is 4. The van der Waals surface area contributed by atoms with E-state index in [1.807, 2.05) is 61.1 Å². The summed E-state index contributed by atoms with van der Waals surface area (Å²) in [6, 6.07) is 10.7. The highest BCUT2D eigenvalue weighted by Gasteiger charge is 2.27. The van der Waals surface area contributed by atoms with Crippen LogP contribution in [-0.4, -0.2) is 21.5 Å². The van der Waals surface area contributed by atoms with Crippen molar-refractivity contribution in [2.45, 2.75) is 91.7 Å². The van der Waals surface area contributed by atoms with Crippen LogP contribution in [0.5, 0.6) is 0 Å². The largest absolute Gasteiger partial charge is 0.389 e. The molecule has 5 rings (SSSR count). The third kappa shape index (κ3) is 6.21. The minimum atomic E-state index is -4.28. The van der Waals surface area contributed by atoms with Crippen molar-refractivity contribution in [3.8, 4) is 0 Å². The summed E-state index contributed by atoms with van der Waals surface area (Å²) in [6.07, 6.45) is -10.2. The summed E-state index contributed by atoms with van der Waals surface area (Å²) in [6.45, 7) is 7.79. The van der Waals surface area contributed by atoms with Crippen LogP contribution in [0.25, 0.3) is 43.6 Å². The predicted octanol–water partition coefficient (Wildman–Crippen LogP) is 9.32. The third-order valence-corrected chi connectivity index (χ3v) is 8.32. The van der Waals surface area contributed by atoms with E-state index >= 15 is 0 Å². The molecule has 0 spiro atoms. The molecule has 0 radical (unpaired) electrons. The molecule has 0 unspecified atom stereocenters. The van der Waals surface area contributed by atoms with Crippen LogP contribution in [0.4, 0.5) is 26.3 Å². The van der Waals surface area contributed by atoms with E-state index < -0.39 is 25.2 Å². The van der Waals surface area contributed by atoms with E-state index in [4.69, 9.17) is 0 Å². The van der Waals surface area contributed by atoms with Crippen LogP contribution < -0.4 is 10.9 Å². The molecular weight excluding hydrogens is 582 g/mol. The van der Waals surface area contributed by atoms with E-state index in [9.17, 15) is 35.9 Å². The lowest BCUT2D eigenvalue weighted by molar-refractivity contribution is -0.136. The molecule has 2 aromatic heterocycles. The molecule has 0 N–H and O–H groups in total. The molecule has 0 fully saturated rings. The maximum atomic E-state index is 14.0. The summed E-state index contributed by atoms with van der Waals surface area (Å²) in [4.78, 5) is 28.1. The molecule has 234 valence electrons. The van der Waals surface area contributed by atoms with Crippen molar-refractivity contribution in [1.29, 1.82) is 0 Å².